The Bertz CT molecular complexity index is 1820. The number of nitrogens with zero attached hydrogens (tertiary/aromatic N) is 5. The van der Waals surface area contributed by atoms with E-state index in [0.717, 1.165) is 11.3 Å². The number of methoxy groups -OCH3 is 1. The van der Waals surface area contributed by atoms with Crippen molar-refractivity contribution in [2.45, 2.75) is 19.3 Å². The molecule has 1 saturated heterocycles. The monoisotopic (exact) mass is 650 g/mol. The lowest BCUT2D eigenvalue weighted by atomic mass is 10.0. The summed E-state index contributed by atoms with van der Waals surface area (Å²) in [5, 5.41) is 9.04. The van der Waals surface area contributed by atoms with Crippen molar-refractivity contribution < 1.29 is 35.5 Å². The standard InChI is InChI=1S/C28H30F4N8O4S/c1-44-15-20-23(14-38-9-11-39(12-10-38)45(2,42)43)40-25(26(33)34-16-35-40)24(20)17-3-6-19(7-4-17)36-27(41)37-22-13-18(28(30,31)32)5-8-21(22)29/h3-8,13,16H,9-12,14-15H2,1-2H3,(H2,33,34,35)(H2,36,37,41). The van der Waals surface area contributed by atoms with E-state index in [1.54, 1.807) is 35.9 Å². The van der Waals surface area contributed by atoms with E-state index in [-0.39, 0.29) is 18.1 Å². The van der Waals surface area contributed by atoms with Gasteiger partial charge in [0.1, 0.15) is 17.7 Å². The van der Waals surface area contributed by atoms with Crippen LogP contribution in [-0.2, 0) is 34.1 Å². The third-order valence-corrected chi connectivity index (χ3v) is 8.70. The van der Waals surface area contributed by atoms with Gasteiger partial charge in [0.05, 0.1) is 29.8 Å². The number of amides is 2. The van der Waals surface area contributed by atoms with Crippen LogP contribution in [0.3, 0.4) is 0 Å². The summed E-state index contributed by atoms with van der Waals surface area (Å²) in [5.74, 6) is -0.803. The molecule has 4 N–H and O–H groups in total. The summed E-state index contributed by atoms with van der Waals surface area (Å²) in [6.07, 6.45) is -2.18. The molecule has 2 aromatic carbocycles. The summed E-state index contributed by atoms with van der Waals surface area (Å²) in [5.41, 5.74) is 8.37. The first-order valence-electron chi connectivity index (χ1n) is 13.6. The average Bonchev–Trinajstić information content (AvgIpc) is 3.28. The molecule has 0 saturated carbocycles. The number of carbonyl (C=O) groups is 1. The van der Waals surface area contributed by atoms with Crippen LogP contribution in [0.25, 0.3) is 16.6 Å². The molecule has 2 aromatic heterocycles. The molecule has 0 spiro atoms. The number of rotatable bonds is 8. The minimum Gasteiger partial charge on any atom is -0.382 e. The van der Waals surface area contributed by atoms with Crippen molar-refractivity contribution >= 4 is 38.8 Å². The SMILES string of the molecule is COCc1c(-c2ccc(NC(=O)Nc3cc(C(F)(F)F)ccc3F)cc2)c2c(N)ncnn2c1CN1CCN(S(C)(=O)=O)CC1. The smallest absolute Gasteiger partial charge is 0.382 e. The van der Waals surface area contributed by atoms with E-state index in [0.29, 0.717) is 67.6 Å². The number of piperazine rings is 1. The minimum absolute atomic E-state index is 0.196. The number of halogens is 4. The van der Waals surface area contributed by atoms with E-state index in [1.807, 2.05) is 0 Å². The van der Waals surface area contributed by atoms with Crippen molar-refractivity contribution in [1.82, 2.24) is 23.8 Å². The van der Waals surface area contributed by atoms with Crippen molar-refractivity contribution in [3.63, 3.8) is 0 Å². The Morgan fingerprint density at radius 3 is 2.38 bits per heavy atom. The molecule has 240 valence electrons. The summed E-state index contributed by atoms with van der Waals surface area (Å²) in [6, 6.07) is 7.35. The number of hydrogen-bond donors (Lipinski definition) is 3. The minimum atomic E-state index is -4.71. The zero-order chi connectivity index (χ0) is 32.5. The molecule has 0 aliphatic carbocycles. The van der Waals surface area contributed by atoms with Crippen LogP contribution in [0.1, 0.15) is 16.8 Å². The van der Waals surface area contributed by atoms with E-state index < -0.39 is 39.3 Å². The van der Waals surface area contributed by atoms with Crippen LogP contribution in [0, 0.1) is 5.82 Å². The first-order valence-corrected chi connectivity index (χ1v) is 15.5. The maximum Gasteiger partial charge on any atom is 0.416 e. The van der Waals surface area contributed by atoms with Gasteiger partial charge in [0.2, 0.25) is 10.0 Å². The van der Waals surface area contributed by atoms with E-state index in [2.05, 4.69) is 25.6 Å². The number of benzene rings is 2. The second kappa shape index (κ2) is 12.6. The lowest BCUT2D eigenvalue weighted by Gasteiger charge is -2.33. The van der Waals surface area contributed by atoms with Crippen LogP contribution in [0.5, 0.6) is 0 Å². The quantitative estimate of drug-likeness (QED) is 0.243. The van der Waals surface area contributed by atoms with Gasteiger partial charge < -0.3 is 21.1 Å². The number of nitrogens with one attached hydrogen (secondary N) is 2. The van der Waals surface area contributed by atoms with Gasteiger partial charge in [0, 0.05) is 56.6 Å². The van der Waals surface area contributed by atoms with Crippen molar-refractivity contribution in [2.24, 2.45) is 0 Å². The fourth-order valence-electron chi connectivity index (χ4n) is 5.23. The molecule has 1 aliphatic heterocycles. The van der Waals surface area contributed by atoms with E-state index in [4.69, 9.17) is 10.5 Å². The summed E-state index contributed by atoms with van der Waals surface area (Å²) < 4.78 is 85.8. The molecule has 0 bridgehead atoms. The molecular formula is C28H30F4N8O4S. The molecule has 1 fully saturated rings. The first-order chi connectivity index (χ1) is 21.3. The highest BCUT2D eigenvalue weighted by atomic mass is 32.2. The number of nitrogens with two attached hydrogens (primary N) is 1. The summed E-state index contributed by atoms with van der Waals surface area (Å²) >= 11 is 0. The zero-order valence-corrected chi connectivity index (χ0v) is 25.0. The van der Waals surface area contributed by atoms with Gasteiger partial charge in [-0.2, -0.15) is 22.6 Å². The van der Waals surface area contributed by atoms with E-state index >= 15 is 0 Å². The van der Waals surface area contributed by atoms with E-state index in [9.17, 15) is 30.8 Å². The topological polar surface area (TPSA) is 147 Å². The molecule has 5 rings (SSSR count). The summed E-state index contributed by atoms with van der Waals surface area (Å²) in [4.78, 5) is 18.8. The Labute approximate surface area is 255 Å². The third kappa shape index (κ3) is 7.00. The second-order valence-electron chi connectivity index (χ2n) is 10.4. The predicted octanol–water partition coefficient (Wildman–Crippen LogP) is 4.00. The van der Waals surface area contributed by atoms with Crippen molar-refractivity contribution in [1.29, 1.82) is 0 Å². The van der Waals surface area contributed by atoms with Gasteiger partial charge in [-0.25, -0.2) is 27.1 Å². The lowest BCUT2D eigenvalue weighted by molar-refractivity contribution is -0.137. The molecule has 45 heavy (non-hydrogen) atoms. The van der Waals surface area contributed by atoms with Gasteiger partial charge in [0.15, 0.2) is 5.82 Å². The normalized spacial score (nSPS) is 15.0. The number of carbonyl (C=O) groups excluding carboxylic acids is 1. The van der Waals surface area contributed by atoms with E-state index in [1.165, 1.54) is 16.9 Å². The average molecular weight is 651 g/mol. The number of urea groups is 1. The number of alkyl halides is 3. The maximum absolute atomic E-state index is 14.1. The molecule has 17 heteroatoms. The fourth-order valence-corrected chi connectivity index (χ4v) is 6.05. The Morgan fingerprint density at radius 2 is 1.76 bits per heavy atom. The van der Waals surface area contributed by atoms with Crippen molar-refractivity contribution in [2.75, 3.05) is 55.9 Å². The number of sulfonamides is 1. The molecule has 2 amide bonds. The molecule has 1 aliphatic rings. The van der Waals surface area contributed by atoms with Crippen LogP contribution in [0.2, 0.25) is 0 Å². The third-order valence-electron chi connectivity index (χ3n) is 7.40. The predicted molar refractivity (Wildman–Crippen MR) is 159 cm³/mol. The highest BCUT2D eigenvalue weighted by Gasteiger charge is 2.31. The van der Waals surface area contributed by atoms with Crippen LogP contribution >= 0.6 is 0 Å². The molecule has 0 atom stereocenters. The van der Waals surface area contributed by atoms with Gasteiger partial charge >= 0.3 is 12.2 Å². The number of fused-ring (bicyclic) bond motifs is 1. The van der Waals surface area contributed by atoms with Gasteiger partial charge in [-0.15, -0.1) is 0 Å². The lowest BCUT2D eigenvalue weighted by Crippen LogP contribution is -2.48. The van der Waals surface area contributed by atoms with Crippen LogP contribution in [-0.4, -0.2) is 77.8 Å². The van der Waals surface area contributed by atoms with Gasteiger partial charge in [-0.1, -0.05) is 12.1 Å². The Kier molecular flexibility index (Phi) is 8.97. The van der Waals surface area contributed by atoms with Crippen LogP contribution in [0.15, 0.2) is 48.8 Å². The summed E-state index contributed by atoms with van der Waals surface area (Å²) in [6.45, 7) is 2.36. The van der Waals surface area contributed by atoms with Crippen molar-refractivity contribution in [3.8, 4) is 11.1 Å². The summed E-state index contributed by atoms with van der Waals surface area (Å²) in [7, 11) is -1.74. The second-order valence-corrected chi connectivity index (χ2v) is 12.4. The van der Waals surface area contributed by atoms with Crippen LogP contribution in [0.4, 0.5) is 39.5 Å². The largest absolute Gasteiger partial charge is 0.416 e. The number of ether oxygens (including phenoxy) is 1. The molecule has 3 heterocycles. The highest BCUT2D eigenvalue weighted by molar-refractivity contribution is 7.88. The van der Waals surface area contributed by atoms with Gasteiger partial charge in [-0.05, 0) is 35.9 Å². The molecule has 0 radical (unpaired) electrons. The maximum atomic E-state index is 14.1. The fraction of sp³-hybridized carbons (Fsp3) is 0.321. The number of nitrogen functional groups attached to an aromatic ring is 1. The van der Waals surface area contributed by atoms with Crippen LogP contribution < -0.4 is 16.4 Å². The number of anilines is 3. The Morgan fingerprint density at radius 1 is 1.07 bits per heavy atom. The molecule has 4 aromatic rings. The Hall–Kier alpha value is -4.32. The van der Waals surface area contributed by atoms with Gasteiger partial charge in [-0.3, -0.25) is 4.90 Å². The number of hydrogen-bond acceptors (Lipinski definition) is 8. The molecule has 0 unspecified atom stereocenters. The molecular weight excluding hydrogens is 620 g/mol. The highest BCUT2D eigenvalue weighted by Crippen LogP contribution is 2.37. The van der Waals surface area contributed by atoms with Gasteiger partial charge in [0.25, 0.3) is 0 Å². The van der Waals surface area contributed by atoms with Crippen molar-refractivity contribution in [3.05, 3.63) is 71.4 Å². The zero-order valence-electron chi connectivity index (χ0n) is 24.2. The number of aromatic nitrogens is 3. The first kappa shape index (κ1) is 32.1. The molecule has 12 nitrogen and oxygen atoms in total. The Balaban J connectivity index is 1.41.